The van der Waals surface area contributed by atoms with Gasteiger partial charge in [0, 0.05) is 11.3 Å². The van der Waals surface area contributed by atoms with Crippen LogP contribution >= 0.6 is 0 Å². The van der Waals surface area contributed by atoms with Crippen molar-refractivity contribution in [3.63, 3.8) is 0 Å². The van der Waals surface area contributed by atoms with Crippen molar-refractivity contribution in [1.82, 2.24) is 14.8 Å². The average molecular weight is 414 g/mol. The predicted molar refractivity (Wildman–Crippen MR) is 118 cm³/mol. The summed E-state index contributed by atoms with van der Waals surface area (Å²) >= 11 is 0. The fourth-order valence-corrected chi connectivity index (χ4v) is 3.19. The zero-order chi connectivity index (χ0) is 21.8. The third-order valence-electron chi connectivity index (χ3n) is 4.76. The second-order valence-corrected chi connectivity index (χ2v) is 7.38. The number of carbonyl (C=O) groups is 1. The molecule has 7 heteroatoms. The van der Waals surface area contributed by atoms with Gasteiger partial charge in [-0.25, -0.2) is 9.67 Å². The van der Waals surface area contributed by atoms with Crippen LogP contribution in [0.1, 0.15) is 22.6 Å². The van der Waals surface area contributed by atoms with Crippen molar-refractivity contribution in [2.45, 2.75) is 26.8 Å². The predicted octanol–water partition coefficient (Wildman–Crippen LogP) is 3.74. The maximum absolute atomic E-state index is 13.0. The maximum Gasteiger partial charge on any atom is 0.289 e. The van der Waals surface area contributed by atoms with E-state index >= 15 is 0 Å². The molecule has 0 bridgehead atoms. The van der Waals surface area contributed by atoms with Gasteiger partial charge in [-0.3, -0.25) is 9.59 Å². The molecular weight excluding hydrogens is 392 g/mol. The number of furan rings is 1. The van der Waals surface area contributed by atoms with E-state index in [1.54, 1.807) is 24.5 Å². The number of carbonyl (C=O) groups excluding carboxylic acids is 1. The molecule has 0 saturated carbocycles. The molecule has 0 unspecified atom stereocenters. The topological polar surface area (TPSA) is 90.0 Å². The Labute approximate surface area is 179 Å². The zero-order valence-corrected chi connectivity index (χ0v) is 17.3. The number of hydrogen-bond acceptors (Lipinski definition) is 5. The molecule has 0 aliphatic carbocycles. The van der Waals surface area contributed by atoms with E-state index < -0.39 is 5.56 Å². The minimum atomic E-state index is -0.424. The Morgan fingerprint density at radius 1 is 1.03 bits per heavy atom. The number of nitrogens with one attached hydrogen (secondary N) is 1. The van der Waals surface area contributed by atoms with Gasteiger partial charge in [0.05, 0.1) is 12.7 Å². The van der Waals surface area contributed by atoms with Crippen molar-refractivity contribution in [2.75, 3.05) is 5.32 Å². The minimum Gasteiger partial charge on any atom is -0.469 e. The van der Waals surface area contributed by atoms with Crippen molar-refractivity contribution in [1.29, 1.82) is 0 Å². The van der Waals surface area contributed by atoms with Crippen molar-refractivity contribution < 1.29 is 9.21 Å². The first-order valence-corrected chi connectivity index (χ1v) is 9.92. The summed E-state index contributed by atoms with van der Waals surface area (Å²) in [4.78, 5) is 30.1. The highest BCUT2D eigenvalue weighted by molar-refractivity contribution is 5.90. The fraction of sp³-hybridized carbons (Fsp3) is 0.167. The van der Waals surface area contributed by atoms with E-state index in [1.165, 1.54) is 0 Å². The summed E-state index contributed by atoms with van der Waals surface area (Å²) in [5.74, 6) is 0.649. The maximum atomic E-state index is 13.0. The molecule has 4 aromatic rings. The Kier molecular flexibility index (Phi) is 5.75. The smallest absolute Gasteiger partial charge is 0.289 e. The third-order valence-corrected chi connectivity index (χ3v) is 4.76. The van der Waals surface area contributed by atoms with Gasteiger partial charge in [-0.1, -0.05) is 42.0 Å². The lowest BCUT2D eigenvalue weighted by Crippen LogP contribution is -2.33. The molecule has 0 fully saturated rings. The summed E-state index contributed by atoms with van der Waals surface area (Å²) in [6.07, 6.45) is 1.76. The summed E-state index contributed by atoms with van der Waals surface area (Å²) in [5, 5.41) is 7.18. The van der Waals surface area contributed by atoms with Crippen molar-refractivity contribution >= 4 is 11.6 Å². The summed E-state index contributed by atoms with van der Waals surface area (Å²) in [7, 11) is 0. The van der Waals surface area contributed by atoms with Gasteiger partial charge in [0.2, 0.25) is 5.91 Å². The van der Waals surface area contributed by atoms with Crippen LogP contribution in [-0.4, -0.2) is 20.7 Å². The summed E-state index contributed by atoms with van der Waals surface area (Å²) in [6, 6.07) is 18.7. The van der Waals surface area contributed by atoms with Crippen LogP contribution in [0.3, 0.4) is 0 Å². The van der Waals surface area contributed by atoms with Crippen LogP contribution in [0.2, 0.25) is 0 Å². The van der Waals surface area contributed by atoms with Gasteiger partial charge in [-0.2, -0.15) is 0 Å². The number of benzene rings is 2. The molecule has 0 saturated heterocycles. The molecule has 2 heterocycles. The molecule has 0 radical (unpaired) electrons. The van der Waals surface area contributed by atoms with Gasteiger partial charge in [0.15, 0.2) is 5.82 Å². The third kappa shape index (κ3) is 4.95. The SMILES string of the molecule is Cc1ccc(-c2nc(Cc3ccco3)c(=O)n(CC(=O)Nc3cccc(C)c3)n2)cc1. The molecule has 1 N–H and O–H groups in total. The van der Waals surface area contributed by atoms with E-state index in [4.69, 9.17) is 4.42 Å². The Balaban J connectivity index is 1.67. The molecule has 2 aromatic heterocycles. The highest BCUT2D eigenvalue weighted by Crippen LogP contribution is 2.16. The average Bonchev–Trinajstić information content (AvgIpc) is 3.24. The fourth-order valence-electron chi connectivity index (χ4n) is 3.19. The van der Waals surface area contributed by atoms with Gasteiger partial charge in [0.25, 0.3) is 5.56 Å². The molecular formula is C24H22N4O3. The summed E-state index contributed by atoms with van der Waals surface area (Å²) < 4.78 is 6.54. The first-order valence-electron chi connectivity index (χ1n) is 9.92. The van der Waals surface area contributed by atoms with E-state index in [0.717, 1.165) is 21.4 Å². The summed E-state index contributed by atoms with van der Waals surface area (Å²) in [6.45, 7) is 3.71. The van der Waals surface area contributed by atoms with Gasteiger partial charge in [-0.05, 0) is 43.7 Å². The van der Waals surface area contributed by atoms with E-state index in [-0.39, 0.29) is 24.6 Å². The lowest BCUT2D eigenvalue weighted by Gasteiger charge is -2.11. The number of amides is 1. The zero-order valence-electron chi connectivity index (χ0n) is 17.3. The number of rotatable bonds is 6. The van der Waals surface area contributed by atoms with Crippen LogP contribution < -0.4 is 10.9 Å². The molecule has 1 amide bonds. The monoisotopic (exact) mass is 414 g/mol. The molecule has 2 aromatic carbocycles. The normalized spacial score (nSPS) is 10.8. The molecule has 156 valence electrons. The van der Waals surface area contributed by atoms with Gasteiger partial charge in [0.1, 0.15) is 18.0 Å². The van der Waals surface area contributed by atoms with Crippen LogP contribution in [0.15, 0.2) is 76.1 Å². The van der Waals surface area contributed by atoms with E-state index in [9.17, 15) is 9.59 Å². The lowest BCUT2D eigenvalue weighted by atomic mass is 10.1. The molecule has 4 rings (SSSR count). The molecule has 7 nitrogen and oxygen atoms in total. The van der Waals surface area contributed by atoms with Crippen molar-refractivity contribution in [3.05, 3.63) is 99.9 Å². The van der Waals surface area contributed by atoms with Crippen molar-refractivity contribution in [3.8, 4) is 11.4 Å². The summed E-state index contributed by atoms with van der Waals surface area (Å²) in [5.41, 5.74) is 3.40. The quantitative estimate of drug-likeness (QED) is 0.519. The standard InChI is InChI=1S/C24H22N4O3/c1-16-8-10-18(11-9-16)23-26-21(14-20-7-4-12-31-20)24(30)28(27-23)15-22(29)25-19-6-3-5-17(2)13-19/h3-13H,14-15H2,1-2H3,(H,25,29). The Morgan fingerprint density at radius 3 is 2.55 bits per heavy atom. The van der Waals surface area contributed by atoms with Crippen LogP contribution in [0.4, 0.5) is 5.69 Å². The second kappa shape index (κ2) is 8.79. The van der Waals surface area contributed by atoms with Crippen molar-refractivity contribution in [2.24, 2.45) is 0 Å². The number of hydrogen-bond donors (Lipinski definition) is 1. The number of nitrogens with zero attached hydrogens (tertiary/aromatic N) is 3. The van der Waals surface area contributed by atoms with E-state index in [0.29, 0.717) is 17.3 Å². The molecule has 31 heavy (non-hydrogen) atoms. The highest BCUT2D eigenvalue weighted by atomic mass is 16.3. The first kappa shape index (κ1) is 20.3. The number of anilines is 1. The van der Waals surface area contributed by atoms with E-state index in [1.807, 2.05) is 56.3 Å². The van der Waals surface area contributed by atoms with Crippen LogP contribution in [0.25, 0.3) is 11.4 Å². The number of aromatic nitrogens is 3. The van der Waals surface area contributed by atoms with Gasteiger partial charge >= 0.3 is 0 Å². The number of aryl methyl sites for hydroxylation is 2. The van der Waals surface area contributed by atoms with Gasteiger partial charge < -0.3 is 9.73 Å². The Hall–Kier alpha value is -4.00. The van der Waals surface area contributed by atoms with Crippen LogP contribution in [0, 0.1) is 13.8 Å². The Morgan fingerprint density at radius 2 is 1.84 bits per heavy atom. The first-order chi connectivity index (χ1) is 15.0. The molecule has 0 atom stereocenters. The molecule has 0 spiro atoms. The van der Waals surface area contributed by atoms with Gasteiger partial charge in [-0.15, -0.1) is 5.10 Å². The van der Waals surface area contributed by atoms with Crippen LogP contribution in [-0.2, 0) is 17.8 Å². The largest absolute Gasteiger partial charge is 0.469 e. The highest BCUT2D eigenvalue weighted by Gasteiger charge is 2.16. The molecule has 0 aliphatic rings. The lowest BCUT2D eigenvalue weighted by molar-refractivity contribution is -0.117. The minimum absolute atomic E-state index is 0.215. The Bertz CT molecular complexity index is 1260. The second-order valence-electron chi connectivity index (χ2n) is 7.38. The van der Waals surface area contributed by atoms with Crippen LogP contribution in [0.5, 0.6) is 0 Å². The van der Waals surface area contributed by atoms with E-state index in [2.05, 4.69) is 15.4 Å². The molecule has 0 aliphatic heterocycles.